The van der Waals surface area contributed by atoms with Crippen LogP contribution in [0.15, 0.2) is 42.6 Å². The van der Waals surface area contributed by atoms with Crippen molar-refractivity contribution in [3.05, 3.63) is 64.6 Å². The van der Waals surface area contributed by atoms with Crippen molar-refractivity contribution < 1.29 is 4.79 Å². The lowest BCUT2D eigenvalue weighted by Gasteiger charge is -2.19. The summed E-state index contributed by atoms with van der Waals surface area (Å²) in [7, 11) is 0. The van der Waals surface area contributed by atoms with E-state index in [0.717, 1.165) is 5.69 Å². The molecular formula is C19H20ClN3O. The molecule has 24 heavy (non-hydrogen) atoms. The van der Waals surface area contributed by atoms with Crippen LogP contribution >= 0.6 is 11.6 Å². The van der Waals surface area contributed by atoms with Gasteiger partial charge >= 0.3 is 0 Å². The van der Waals surface area contributed by atoms with Gasteiger partial charge in [-0.3, -0.25) is 9.20 Å². The van der Waals surface area contributed by atoms with Gasteiger partial charge in [0.15, 0.2) is 0 Å². The molecule has 3 rings (SSSR count). The molecule has 0 saturated heterocycles. The lowest BCUT2D eigenvalue weighted by Crippen LogP contribution is -2.16. The summed E-state index contributed by atoms with van der Waals surface area (Å²) < 4.78 is 1.75. The second-order valence-corrected chi connectivity index (χ2v) is 7.34. The molecule has 3 aromatic rings. The zero-order valence-electron chi connectivity index (χ0n) is 14.2. The molecule has 5 heteroatoms. The summed E-state index contributed by atoms with van der Waals surface area (Å²) in [5.74, 6) is -0.189. The van der Waals surface area contributed by atoms with Gasteiger partial charge in [-0.05, 0) is 36.1 Å². The molecule has 0 unspecified atom stereocenters. The van der Waals surface area contributed by atoms with Gasteiger partial charge in [0.1, 0.15) is 11.3 Å². The summed E-state index contributed by atoms with van der Waals surface area (Å²) >= 11 is 5.99. The number of nitrogens with zero attached hydrogens (tertiary/aromatic N) is 2. The van der Waals surface area contributed by atoms with Crippen molar-refractivity contribution >= 4 is 28.8 Å². The monoisotopic (exact) mass is 341 g/mol. The fraction of sp³-hybridized carbons (Fsp3) is 0.263. The summed E-state index contributed by atoms with van der Waals surface area (Å²) in [6.07, 6.45) is 1.76. The molecule has 0 bridgehead atoms. The van der Waals surface area contributed by atoms with E-state index in [1.165, 1.54) is 5.56 Å². The number of halogens is 1. The van der Waals surface area contributed by atoms with E-state index in [-0.39, 0.29) is 11.3 Å². The first-order chi connectivity index (χ1) is 11.3. The van der Waals surface area contributed by atoms with Crippen LogP contribution in [0.25, 0.3) is 5.65 Å². The molecule has 1 aromatic carbocycles. The standard InChI is InChI=1S/C19H20ClN3O/c1-12-17(23-10-9-14(20)11-16(23)21-12)18(24)22-15-7-5-13(6-8-15)19(2,3)4/h5-11H,1-4H3,(H,22,24). The SMILES string of the molecule is Cc1nc2cc(Cl)ccn2c1C(=O)Nc1ccc(C(C)(C)C)cc1. The molecule has 0 radical (unpaired) electrons. The number of aryl methyl sites for hydroxylation is 1. The minimum atomic E-state index is -0.189. The van der Waals surface area contributed by atoms with Crippen LogP contribution in [0.2, 0.25) is 5.02 Å². The fourth-order valence-corrected chi connectivity index (χ4v) is 2.81. The van der Waals surface area contributed by atoms with Crippen molar-refractivity contribution in [3.63, 3.8) is 0 Å². The first-order valence-electron chi connectivity index (χ1n) is 7.82. The van der Waals surface area contributed by atoms with E-state index in [4.69, 9.17) is 11.6 Å². The molecule has 0 fully saturated rings. The van der Waals surface area contributed by atoms with Crippen molar-refractivity contribution in [1.29, 1.82) is 0 Å². The summed E-state index contributed by atoms with van der Waals surface area (Å²) in [5.41, 5.74) is 3.91. The smallest absolute Gasteiger partial charge is 0.274 e. The van der Waals surface area contributed by atoms with Crippen LogP contribution < -0.4 is 5.32 Å². The molecule has 2 heterocycles. The molecule has 124 valence electrons. The number of nitrogens with one attached hydrogen (secondary N) is 1. The van der Waals surface area contributed by atoms with Crippen LogP contribution in [0.5, 0.6) is 0 Å². The van der Waals surface area contributed by atoms with Crippen molar-refractivity contribution in [2.45, 2.75) is 33.1 Å². The average Bonchev–Trinajstić information content (AvgIpc) is 2.81. The Morgan fingerprint density at radius 2 is 1.83 bits per heavy atom. The predicted molar refractivity (Wildman–Crippen MR) is 98.0 cm³/mol. The van der Waals surface area contributed by atoms with E-state index in [1.807, 2.05) is 31.2 Å². The number of fused-ring (bicyclic) bond motifs is 1. The lowest BCUT2D eigenvalue weighted by atomic mass is 9.87. The first kappa shape index (κ1) is 16.5. The van der Waals surface area contributed by atoms with Crippen LogP contribution in [0, 0.1) is 6.92 Å². The maximum absolute atomic E-state index is 12.7. The Hall–Kier alpha value is -2.33. The van der Waals surface area contributed by atoms with Crippen LogP contribution in [-0.2, 0) is 5.41 Å². The molecule has 0 aliphatic heterocycles. The molecule has 1 N–H and O–H groups in total. The molecule has 0 atom stereocenters. The number of rotatable bonds is 2. The Morgan fingerprint density at radius 1 is 1.17 bits per heavy atom. The topological polar surface area (TPSA) is 46.4 Å². The summed E-state index contributed by atoms with van der Waals surface area (Å²) in [5, 5.41) is 3.53. The van der Waals surface area contributed by atoms with Crippen molar-refractivity contribution in [3.8, 4) is 0 Å². The van der Waals surface area contributed by atoms with Crippen LogP contribution in [-0.4, -0.2) is 15.3 Å². The Labute approximate surface area is 146 Å². The number of hydrogen-bond acceptors (Lipinski definition) is 2. The number of amides is 1. The van der Waals surface area contributed by atoms with E-state index in [0.29, 0.717) is 22.1 Å². The average molecular weight is 342 g/mol. The third kappa shape index (κ3) is 3.15. The zero-order chi connectivity index (χ0) is 17.5. The Balaban J connectivity index is 1.89. The minimum Gasteiger partial charge on any atom is -0.321 e. The van der Waals surface area contributed by atoms with Gasteiger partial charge in [-0.15, -0.1) is 0 Å². The normalized spacial score (nSPS) is 11.7. The van der Waals surface area contributed by atoms with Gasteiger partial charge in [0, 0.05) is 23.0 Å². The zero-order valence-corrected chi connectivity index (χ0v) is 15.0. The number of aromatic nitrogens is 2. The predicted octanol–water partition coefficient (Wildman–Crippen LogP) is 4.85. The van der Waals surface area contributed by atoms with Gasteiger partial charge in [0.05, 0.1) is 5.69 Å². The van der Waals surface area contributed by atoms with Crippen molar-refractivity contribution in [1.82, 2.24) is 9.38 Å². The minimum absolute atomic E-state index is 0.0834. The third-order valence-electron chi connectivity index (χ3n) is 3.99. The van der Waals surface area contributed by atoms with Crippen LogP contribution in [0.3, 0.4) is 0 Å². The second kappa shape index (κ2) is 5.95. The van der Waals surface area contributed by atoms with Gasteiger partial charge < -0.3 is 5.32 Å². The molecule has 0 spiro atoms. The Morgan fingerprint density at radius 3 is 2.46 bits per heavy atom. The number of carbonyl (C=O) groups excluding carboxylic acids is 1. The number of hydrogen-bond donors (Lipinski definition) is 1. The Kier molecular flexibility index (Phi) is 4.10. The highest BCUT2D eigenvalue weighted by Gasteiger charge is 2.18. The van der Waals surface area contributed by atoms with E-state index < -0.39 is 0 Å². The van der Waals surface area contributed by atoms with Crippen LogP contribution in [0.4, 0.5) is 5.69 Å². The maximum Gasteiger partial charge on any atom is 0.274 e. The Bertz CT molecular complexity index is 905. The summed E-state index contributed by atoms with van der Waals surface area (Å²) in [6, 6.07) is 11.4. The van der Waals surface area contributed by atoms with E-state index in [2.05, 4.69) is 31.1 Å². The number of carbonyl (C=O) groups is 1. The third-order valence-corrected chi connectivity index (χ3v) is 4.22. The summed E-state index contributed by atoms with van der Waals surface area (Å²) in [6.45, 7) is 8.30. The molecule has 1 amide bonds. The second-order valence-electron chi connectivity index (χ2n) is 6.90. The lowest BCUT2D eigenvalue weighted by molar-refractivity contribution is 0.102. The highest BCUT2D eigenvalue weighted by Crippen LogP contribution is 2.24. The van der Waals surface area contributed by atoms with Crippen molar-refractivity contribution in [2.24, 2.45) is 0 Å². The van der Waals surface area contributed by atoms with E-state index >= 15 is 0 Å². The van der Waals surface area contributed by atoms with E-state index in [9.17, 15) is 4.79 Å². The van der Waals surface area contributed by atoms with Crippen molar-refractivity contribution in [2.75, 3.05) is 5.32 Å². The number of imidazole rings is 1. The highest BCUT2D eigenvalue weighted by atomic mass is 35.5. The maximum atomic E-state index is 12.7. The molecule has 0 saturated carbocycles. The largest absolute Gasteiger partial charge is 0.321 e. The van der Waals surface area contributed by atoms with Gasteiger partial charge in [-0.25, -0.2) is 4.98 Å². The molecular weight excluding hydrogens is 322 g/mol. The van der Waals surface area contributed by atoms with Gasteiger partial charge in [-0.1, -0.05) is 44.5 Å². The van der Waals surface area contributed by atoms with Gasteiger partial charge in [-0.2, -0.15) is 0 Å². The van der Waals surface area contributed by atoms with Crippen LogP contribution in [0.1, 0.15) is 42.5 Å². The highest BCUT2D eigenvalue weighted by molar-refractivity contribution is 6.30. The van der Waals surface area contributed by atoms with Gasteiger partial charge in [0.25, 0.3) is 5.91 Å². The van der Waals surface area contributed by atoms with E-state index in [1.54, 1.807) is 22.7 Å². The number of pyridine rings is 1. The number of anilines is 1. The van der Waals surface area contributed by atoms with Gasteiger partial charge in [0.2, 0.25) is 0 Å². The molecule has 0 aliphatic rings. The first-order valence-corrected chi connectivity index (χ1v) is 8.19. The summed E-state index contributed by atoms with van der Waals surface area (Å²) in [4.78, 5) is 17.1. The molecule has 2 aromatic heterocycles. The quantitative estimate of drug-likeness (QED) is 0.724. The molecule has 4 nitrogen and oxygen atoms in total. The molecule has 0 aliphatic carbocycles. The fourth-order valence-electron chi connectivity index (χ4n) is 2.65. The number of benzene rings is 1.